The van der Waals surface area contributed by atoms with Crippen LogP contribution in [-0.2, 0) is 20.4 Å². The van der Waals surface area contributed by atoms with Crippen LogP contribution in [0.25, 0.3) is 0 Å². The molecule has 0 radical (unpaired) electrons. The van der Waals surface area contributed by atoms with Crippen LogP contribution in [-0.4, -0.2) is 32.0 Å². The molecule has 2 aromatic rings. The van der Waals surface area contributed by atoms with E-state index in [1.807, 2.05) is 6.07 Å². The first-order chi connectivity index (χ1) is 14.4. The van der Waals surface area contributed by atoms with Gasteiger partial charge in [-0.25, -0.2) is 8.42 Å². The van der Waals surface area contributed by atoms with Crippen molar-refractivity contribution in [2.75, 3.05) is 11.1 Å². The van der Waals surface area contributed by atoms with Gasteiger partial charge < -0.3 is 10.6 Å². The minimum Gasteiger partial charge on any atom is -0.349 e. The predicted octanol–water partition coefficient (Wildman–Crippen LogP) is 3.69. The number of hydrogen-bond donors (Lipinski definition) is 2. The molecule has 6 nitrogen and oxygen atoms in total. The molecule has 0 aromatic heterocycles. The first-order valence-corrected chi connectivity index (χ1v) is 12.2. The first-order valence-electron chi connectivity index (χ1n) is 10.4. The second kappa shape index (κ2) is 10.4. The number of carbonyl (C=O) groups is 2. The van der Waals surface area contributed by atoms with Gasteiger partial charge in [0.25, 0.3) is 5.91 Å². The highest BCUT2D eigenvalue weighted by atomic mass is 32.2. The highest BCUT2D eigenvalue weighted by Gasteiger charge is 2.20. The summed E-state index contributed by atoms with van der Waals surface area (Å²) in [5.74, 6) is -0.981. The molecule has 3 rings (SSSR count). The maximum absolute atomic E-state index is 12.7. The van der Waals surface area contributed by atoms with Crippen molar-refractivity contribution in [1.82, 2.24) is 5.32 Å². The van der Waals surface area contributed by atoms with E-state index in [-0.39, 0.29) is 29.9 Å². The van der Waals surface area contributed by atoms with Crippen molar-refractivity contribution in [2.24, 2.45) is 0 Å². The summed E-state index contributed by atoms with van der Waals surface area (Å²) in [5, 5.41) is 5.75. The zero-order valence-corrected chi connectivity index (χ0v) is 17.8. The minimum atomic E-state index is -3.41. The SMILES string of the molecule is O=C(CCS(=O)(=O)Cc1ccccc1)Nc1ccccc1C(=O)NC1CCCCC1. The zero-order valence-electron chi connectivity index (χ0n) is 17.0. The molecule has 0 heterocycles. The molecule has 0 spiro atoms. The Labute approximate surface area is 178 Å². The highest BCUT2D eigenvalue weighted by molar-refractivity contribution is 7.90. The van der Waals surface area contributed by atoms with E-state index in [0.29, 0.717) is 16.8 Å². The van der Waals surface area contributed by atoms with E-state index in [4.69, 9.17) is 0 Å². The summed E-state index contributed by atoms with van der Waals surface area (Å²) in [7, 11) is -3.41. The Kier molecular flexibility index (Phi) is 7.63. The van der Waals surface area contributed by atoms with Crippen LogP contribution in [0.4, 0.5) is 5.69 Å². The van der Waals surface area contributed by atoms with Crippen LogP contribution in [0.2, 0.25) is 0 Å². The summed E-state index contributed by atoms with van der Waals surface area (Å²) in [6, 6.07) is 15.9. The number of benzene rings is 2. The molecule has 0 unspecified atom stereocenters. The van der Waals surface area contributed by atoms with Gasteiger partial charge in [0, 0.05) is 12.5 Å². The molecule has 2 N–H and O–H groups in total. The normalized spacial score (nSPS) is 14.8. The van der Waals surface area contributed by atoms with Gasteiger partial charge in [0.2, 0.25) is 5.91 Å². The fourth-order valence-corrected chi connectivity index (χ4v) is 5.00. The fourth-order valence-electron chi connectivity index (χ4n) is 3.66. The lowest BCUT2D eigenvalue weighted by molar-refractivity contribution is -0.115. The van der Waals surface area contributed by atoms with Crippen molar-refractivity contribution in [3.05, 3.63) is 65.7 Å². The molecule has 0 aliphatic heterocycles. The third-order valence-electron chi connectivity index (χ3n) is 5.26. The molecular formula is C23H28N2O4S. The van der Waals surface area contributed by atoms with Gasteiger partial charge in [-0.05, 0) is 30.5 Å². The van der Waals surface area contributed by atoms with Crippen molar-refractivity contribution in [3.8, 4) is 0 Å². The van der Waals surface area contributed by atoms with E-state index in [9.17, 15) is 18.0 Å². The van der Waals surface area contributed by atoms with E-state index in [2.05, 4.69) is 10.6 Å². The van der Waals surface area contributed by atoms with Gasteiger partial charge in [-0.15, -0.1) is 0 Å². The fraction of sp³-hybridized carbons (Fsp3) is 0.391. The number of sulfone groups is 1. The number of rotatable bonds is 8. The molecular weight excluding hydrogens is 400 g/mol. The zero-order chi connectivity index (χ0) is 21.4. The van der Waals surface area contributed by atoms with Gasteiger partial charge in [0.1, 0.15) is 0 Å². The van der Waals surface area contributed by atoms with Crippen molar-refractivity contribution in [3.63, 3.8) is 0 Å². The smallest absolute Gasteiger partial charge is 0.253 e. The summed E-state index contributed by atoms with van der Waals surface area (Å²) < 4.78 is 24.6. The van der Waals surface area contributed by atoms with Crippen molar-refractivity contribution in [2.45, 2.75) is 50.3 Å². The third kappa shape index (κ3) is 6.69. The van der Waals surface area contributed by atoms with Gasteiger partial charge in [-0.2, -0.15) is 0 Å². The van der Waals surface area contributed by atoms with Crippen molar-refractivity contribution in [1.29, 1.82) is 0 Å². The number of hydrogen-bond acceptors (Lipinski definition) is 4. The summed E-state index contributed by atoms with van der Waals surface area (Å²) in [5.41, 5.74) is 1.49. The Hall–Kier alpha value is -2.67. The largest absolute Gasteiger partial charge is 0.349 e. The Bertz CT molecular complexity index is 968. The van der Waals surface area contributed by atoms with Gasteiger partial charge >= 0.3 is 0 Å². The topological polar surface area (TPSA) is 92.3 Å². The van der Waals surface area contributed by atoms with E-state index >= 15 is 0 Å². The Balaban J connectivity index is 1.56. The average molecular weight is 429 g/mol. The number of carbonyl (C=O) groups excluding carboxylic acids is 2. The Morgan fingerprint density at radius 2 is 1.57 bits per heavy atom. The van der Waals surface area contributed by atoms with E-state index in [1.165, 1.54) is 6.42 Å². The molecule has 2 aromatic carbocycles. The molecule has 7 heteroatoms. The van der Waals surface area contributed by atoms with Gasteiger partial charge in [0.05, 0.1) is 22.8 Å². The van der Waals surface area contributed by atoms with E-state index in [0.717, 1.165) is 25.7 Å². The number of amides is 2. The van der Waals surface area contributed by atoms with Crippen molar-refractivity contribution < 1.29 is 18.0 Å². The lowest BCUT2D eigenvalue weighted by Gasteiger charge is -2.23. The maximum atomic E-state index is 12.7. The molecule has 1 aliphatic rings. The number of nitrogens with one attached hydrogen (secondary N) is 2. The maximum Gasteiger partial charge on any atom is 0.253 e. The number of para-hydroxylation sites is 1. The van der Waals surface area contributed by atoms with E-state index in [1.54, 1.807) is 48.5 Å². The minimum absolute atomic E-state index is 0.0957. The van der Waals surface area contributed by atoms with Crippen LogP contribution in [0, 0.1) is 0 Å². The molecule has 0 atom stereocenters. The Morgan fingerprint density at radius 1 is 0.900 bits per heavy atom. The van der Waals surface area contributed by atoms with Gasteiger partial charge in [-0.1, -0.05) is 61.7 Å². The molecule has 2 amide bonds. The summed E-state index contributed by atoms with van der Waals surface area (Å²) >= 11 is 0. The molecule has 160 valence electrons. The van der Waals surface area contributed by atoms with Gasteiger partial charge in [-0.3, -0.25) is 9.59 Å². The lowest BCUT2D eigenvalue weighted by Crippen LogP contribution is -2.36. The van der Waals surface area contributed by atoms with Crippen LogP contribution >= 0.6 is 0 Å². The molecule has 0 bridgehead atoms. The Morgan fingerprint density at radius 3 is 2.30 bits per heavy atom. The second-order valence-electron chi connectivity index (χ2n) is 7.73. The molecule has 1 saturated carbocycles. The summed E-state index contributed by atoms with van der Waals surface area (Å²) in [4.78, 5) is 25.0. The molecule has 30 heavy (non-hydrogen) atoms. The molecule has 0 saturated heterocycles. The summed E-state index contributed by atoms with van der Waals surface area (Å²) in [6.45, 7) is 0. The van der Waals surface area contributed by atoms with Crippen LogP contribution in [0.1, 0.15) is 54.4 Å². The van der Waals surface area contributed by atoms with Crippen LogP contribution in [0.15, 0.2) is 54.6 Å². The van der Waals surface area contributed by atoms with Crippen LogP contribution in [0.5, 0.6) is 0 Å². The monoisotopic (exact) mass is 428 g/mol. The lowest BCUT2D eigenvalue weighted by atomic mass is 9.95. The molecule has 1 fully saturated rings. The van der Waals surface area contributed by atoms with Crippen LogP contribution in [0.3, 0.4) is 0 Å². The van der Waals surface area contributed by atoms with Crippen molar-refractivity contribution >= 4 is 27.3 Å². The van der Waals surface area contributed by atoms with Crippen LogP contribution < -0.4 is 10.6 Å². The van der Waals surface area contributed by atoms with E-state index < -0.39 is 15.7 Å². The molecule has 1 aliphatic carbocycles. The summed E-state index contributed by atoms with van der Waals surface area (Å²) in [6.07, 6.45) is 5.21. The average Bonchev–Trinajstić information content (AvgIpc) is 2.74. The third-order valence-corrected chi connectivity index (χ3v) is 6.85. The quantitative estimate of drug-likeness (QED) is 0.671. The number of anilines is 1. The second-order valence-corrected chi connectivity index (χ2v) is 9.91. The highest BCUT2D eigenvalue weighted by Crippen LogP contribution is 2.20. The van der Waals surface area contributed by atoms with Gasteiger partial charge in [0.15, 0.2) is 9.84 Å². The first kappa shape index (κ1) is 22.0. The standard InChI is InChI=1S/C23H28N2O4S/c26-22(15-16-30(28,29)17-18-9-3-1-4-10-18)25-21-14-8-7-13-20(21)23(27)24-19-11-5-2-6-12-19/h1,3-4,7-10,13-14,19H,2,5-6,11-12,15-17H2,(H,24,27)(H,25,26). The predicted molar refractivity (Wildman–Crippen MR) is 118 cm³/mol.